The maximum Gasteiger partial charge on any atom is 0.0541 e. The monoisotopic (exact) mass is 968 g/mol. The highest BCUT2D eigenvalue weighted by Gasteiger charge is 2.18. The molecular weight excluding hydrogens is 921 g/mol. The fourth-order valence-electron chi connectivity index (χ4n) is 11.9. The van der Waals surface area contributed by atoms with Crippen LogP contribution in [0, 0.1) is 0 Å². The van der Waals surface area contributed by atoms with Crippen LogP contribution in [0.15, 0.2) is 291 Å². The average Bonchev–Trinajstić information content (AvgIpc) is 4.17. The number of benzene rings is 12. The molecule has 0 radical (unpaired) electrons. The zero-order valence-electron chi connectivity index (χ0n) is 41.5. The number of para-hydroxylation sites is 6. The summed E-state index contributed by atoms with van der Waals surface area (Å²) in [5.74, 6) is 0. The first-order chi connectivity index (χ1) is 37.7. The maximum absolute atomic E-state index is 2.39. The average molecular weight is 969 g/mol. The number of anilines is 3. The molecule has 0 saturated carbocycles. The summed E-state index contributed by atoms with van der Waals surface area (Å²) in [6.07, 6.45) is 0. The lowest BCUT2D eigenvalue weighted by atomic mass is 10.0. The van der Waals surface area contributed by atoms with Gasteiger partial charge in [0, 0.05) is 66.4 Å². The molecule has 3 heterocycles. The van der Waals surface area contributed by atoms with Crippen LogP contribution in [0.2, 0.25) is 0 Å². The second-order valence-corrected chi connectivity index (χ2v) is 19.7. The third-order valence-corrected chi connectivity index (χ3v) is 15.4. The van der Waals surface area contributed by atoms with Gasteiger partial charge in [-0.25, -0.2) is 0 Å². The van der Waals surface area contributed by atoms with Crippen LogP contribution in [0.25, 0.3) is 116 Å². The summed E-state index contributed by atoms with van der Waals surface area (Å²) in [7, 11) is 0. The van der Waals surface area contributed by atoms with E-state index in [0.717, 1.165) is 67.5 Å². The van der Waals surface area contributed by atoms with E-state index in [2.05, 4.69) is 310 Å². The van der Waals surface area contributed by atoms with Crippen LogP contribution in [0.3, 0.4) is 0 Å². The van der Waals surface area contributed by atoms with E-state index in [1.165, 1.54) is 65.4 Å². The molecule has 0 spiro atoms. The van der Waals surface area contributed by atoms with Gasteiger partial charge < -0.3 is 18.6 Å². The van der Waals surface area contributed by atoms with Gasteiger partial charge in [-0.05, 0) is 143 Å². The first-order valence-electron chi connectivity index (χ1n) is 26.1. The van der Waals surface area contributed by atoms with Crippen molar-refractivity contribution in [2.45, 2.75) is 0 Å². The van der Waals surface area contributed by atoms with Crippen LogP contribution in [0.1, 0.15) is 0 Å². The SMILES string of the molecule is c1cc(-c2ccc(N(c3ccc(-c4cccc(-n5c6ccccc6c6ccccc65)c4)cc3)c3ccc(-c4cccc(-n5c6ccccc6c6ccccc65)c4)cc3)cc2)cc(-n2c3ccccc3c3ccccc32)c1. The van der Waals surface area contributed by atoms with E-state index < -0.39 is 0 Å². The van der Waals surface area contributed by atoms with Crippen molar-refractivity contribution in [3.8, 4) is 50.4 Å². The van der Waals surface area contributed by atoms with E-state index in [-0.39, 0.29) is 0 Å². The van der Waals surface area contributed by atoms with E-state index in [1.807, 2.05) is 0 Å². The number of hydrogen-bond acceptors (Lipinski definition) is 1. The Labute approximate surface area is 440 Å². The molecule has 0 N–H and O–H groups in total. The third kappa shape index (κ3) is 7.14. The summed E-state index contributed by atoms with van der Waals surface area (Å²) >= 11 is 0. The van der Waals surface area contributed by atoms with Gasteiger partial charge in [-0.3, -0.25) is 0 Å². The van der Waals surface area contributed by atoms with Gasteiger partial charge in [0.05, 0.1) is 33.1 Å². The molecule has 0 atom stereocenters. The molecule has 4 nitrogen and oxygen atoms in total. The predicted octanol–water partition coefficient (Wildman–Crippen LogP) is 19.4. The Morgan fingerprint density at radius 1 is 0.184 bits per heavy atom. The predicted molar refractivity (Wildman–Crippen MR) is 320 cm³/mol. The third-order valence-electron chi connectivity index (χ3n) is 15.4. The number of rotatable bonds is 9. The highest BCUT2D eigenvalue weighted by Crippen LogP contribution is 2.41. The van der Waals surface area contributed by atoms with E-state index in [9.17, 15) is 0 Å². The van der Waals surface area contributed by atoms with Gasteiger partial charge in [-0.2, -0.15) is 0 Å². The lowest BCUT2D eigenvalue weighted by molar-refractivity contribution is 1.18. The normalized spacial score (nSPS) is 11.7. The molecule has 0 amide bonds. The Morgan fingerprint density at radius 2 is 0.408 bits per heavy atom. The lowest BCUT2D eigenvalue weighted by Gasteiger charge is -2.26. The van der Waals surface area contributed by atoms with Crippen molar-refractivity contribution in [2.24, 2.45) is 0 Å². The second-order valence-electron chi connectivity index (χ2n) is 19.7. The molecule has 0 aliphatic heterocycles. The summed E-state index contributed by atoms with van der Waals surface area (Å²) in [5, 5.41) is 7.55. The van der Waals surface area contributed by atoms with Crippen LogP contribution in [-0.2, 0) is 0 Å². The van der Waals surface area contributed by atoms with Gasteiger partial charge in [-0.1, -0.05) is 182 Å². The van der Waals surface area contributed by atoms with E-state index in [0.29, 0.717) is 0 Å². The van der Waals surface area contributed by atoms with Crippen molar-refractivity contribution in [1.82, 2.24) is 13.7 Å². The molecule has 12 aromatic carbocycles. The summed E-state index contributed by atoms with van der Waals surface area (Å²) < 4.78 is 7.16. The summed E-state index contributed by atoms with van der Waals surface area (Å²) in [4.78, 5) is 2.37. The molecule has 76 heavy (non-hydrogen) atoms. The minimum absolute atomic E-state index is 1.07. The molecule has 3 aromatic heterocycles. The molecule has 0 aliphatic rings. The first-order valence-corrected chi connectivity index (χ1v) is 26.1. The van der Waals surface area contributed by atoms with Crippen LogP contribution >= 0.6 is 0 Å². The first kappa shape index (κ1) is 43.4. The molecule has 0 unspecified atom stereocenters. The second kappa shape index (κ2) is 17.8. The molecule has 15 rings (SSSR count). The van der Waals surface area contributed by atoms with Gasteiger partial charge in [0.25, 0.3) is 0 Å². The molecule has 4 heteroatoms. The van der Waals surface area contributed by atoms with Crippen LogP contribution in [0.5, 0.6) is 0 Å². The Morgan fingerprint density at radius 3 is 0.645 bits per heavy atom. The van der Waals surface area contributed by atoms with E-state index in [4.69, 9.17) is 0 Å². The minimum atomic E-state index is 1.07. The Balaban J connectivity index is 0.800. The van der Waals surface area contributed by atoms with Crippen molar-refractivity contribution >= 4 is 82.5 Å². The summed E-state index contributed by atoms with van der Waals surface area (Å²) in [6, 6.07) is 106. The minimum Gasteiger partial charge on any atom is -0.311 e. The van der Waals surface area contributed by atoms with Crippen LogP contribution in [-0.4, -0.2) is 13.7 Å². The van der Waals surface area contributed by atoms with Crippen molar-refractivity contribution in [3.05, 3.63) is 291 Å². The number of hydrogen-bond donors (Lipinski definition) is 0. The topological polar surface area (TPSA) is 18.0 Å². The molecule has 0 bridgehead atoms. The number of aromatic nitrogens is 3. The zero-order chi connectivity index (χ0) is 50.1. The number of fused-ring (bicyclic) bond motifs is 9. The van der Waals surface area contributed by atoms with Crippen LogP contribution < -0.4 is 4.90 Å². The molecule has 356 valence electrons. The highest BCUT2D eigenvalue weighted by molar-refractivity contribution is 6.11. The molecule has 0 aliphatic carbocycles. The van der Waals surface area contributed by atoms with Crippen molar-refractivity contribution in [2.75, 3.05) is 4.90 Å². The van der Waals surface area contributed by atoms with Crippen molar-refractivity contribution in [3.63, 3.8) is 0 Å². The van der Waals surface area contributed by atoms with E-state index in [1.54, 1.807) is 0 Å². The number of nitrogens with zero attached hydrogens (tertiary/aromatic N) is 4. The standard InChI is InChI=1S/C72H48N4/c1-7-28-67-61(22-1)62-23-2-8-29-68(62)74(67)58-19-13-16-52(46-58)49-34-40-55(41-35-49)73(56-42-36-50(37-43-56)53-17-14-20-59(47-53)75-69-30-9-3-24-63(69)64-25-4-10-31-70(64)75)57-44-38-51(39-45-57)54-18-15-21-60(48-54)76-71-32-11-5-26-65(71)66-27-6-12-33-72(66)76/h1-48H. The Bertz CT molecular complexity index is 4050. The van der Waals surface area contributed by atoms with Gasteiger partial charge >= 0.3 is 0 Å². The fraction of sp³-hybridized carbons (Fsp3) is 0. The maximum atomic E-state index is 2.39. The van der Waals surface area contributed by atoms with Gasteiger partial charge in [0.2, 0.25) is 0 Å². The fourth-order valence-corrected chi connectivity index (χ4v) is 11.9. The van der Waals surface area contributed by atoms with Gasteiger partial charge in [0.1, 0.15) is 0 Å². The quantitative estimate of drug-likeness (QED) is 0.141. The molecule has 15 aromatic rings. The highest BCUT2D eigenvalue weighted by atomic mass is 15.1. The molecule has 0 saturated heterocycles. The van der Waals surface area contributed by atoms with E-state index >= 15 is 0 Å². The summed E-state index contributed by atoms with van der Waals surface area (Å²) in [6.45, 7) is 0. The van der Waals surface area contributed by atoms with Crippen molar-refractivity contribution < 1.29 is 0 Å². The van der Waals surface area contributed by atoms with Gasteiger partial charge in [-0.15, -0.1) is 0 Å². The Kier molecular flexibility index (Phi) is 10.2. The summed E-state index contributed by atoms with van der Waals surface area (Å²) in [5.41, 5.74) is 20.8. The smallest absolute Gasteiger partial charge is 0.0541 e. The lowest BCUT2D eigenvalue weighted by Crippen LogP contribution is -2.09. The van der Waals surface area contributed by atoms with Crippen molar-refractivity contribution in [1.29, 1.82) is 0 Å². The van der Waals surface area contributed by atoms with Gasteiger partial charge in [0.15, 0.2) is 0 Å². The molecule has 0 fully saturated rings. The largest absolute Gasteiger partial charge is 0.311 e. The Hall–Kier alpha value is -10.2. The zero-order valence-corrected chi connectivity index (χ0v) is 41.5. The molecular formula is C72H48N4. The van der Waals surface area contributed by atoms with Crippen LogP contribution in [0.4, 0.5) is 17.1 Å².